The molecule has 0 unspecified atom stereocenters. The van der Waals surface area contributed by atoms with E-state index in [9.17, 15) is 34.8 Å². The van der Waals surface area contributed by atoms with Gasteiger partial charge in [-0.05, 0) is 141 Å². The van der Waals surface area contributed by atoms with Crippen LogP contribution >= 0.6 is 45.9 Å². The van der Waals surface area contributed by atoms with Crippen LogP contribution in [-0.2, 0) is 43.2 Å². The predicted octanol–water partition coefficient (Wildman–Crippen LogP) is 8.39. The van der Waals surface area contributed by atoms with Crippen molar-refractivity contribution in [2.24, 2.45) is 5.14 Å². The van der Waals surface area contributed by atoms with Gasteiger partial charge in [-0.1, -0.05) is 35.3 Å². The number of fused-ring (bicyclic) bond motifs is 1. The van der Waals surface area contributed by atoms with Crippen LogP contribution in [-0.4, -0.2) is 88.9 Å². The lowest BCUT2D eigenvalue weighted by Crippen LogP contribution is -2.42. The molecule has 0 saturated carbocycles. The van der Waals surface area contributed by atoms with Gasteiger partial charge in [0.2, 0.25) is 10.0 Å². The highest BCUT2D eigenvalue weighted by Gasteiger charge is 2.32. The number of amides is 2. The average molecular weight is 1110 g/mol. The van der Waals surface area contributed by atoms with Gasteiger partial charge >= 0.3 is 0 Å². The van der Waals surface area contributed by atoms with Crippen molar-refractivity contribution in [3.05, 3.63) is 165 Å². The van der Waals surface area contributed by atoms with E-state index in [1.54, 1.807) is 95.4 Å². The Morgan fingerprint density at radius 2 is 1.08 bits per heavy atom. The third-order valence-corrected chi connectivity index (χ3v) is 20.3. The smallest absolute Gasteiger partial charge is 0.252 e. The minimum atomic E-state index is -3.80. The molecule has 2 amide bonds. The lowest BCUT2D eigenvalue weighted by Gasteiger charge is -2.32. The lowest BCUT2D eigenvalue weighted by molar-refractivity contribution is 0.0943. The maximum atomic E-state index is 13.2. The van der Waals surface area contributed by atoms with Gasteiger partial charge in [-0.2, -0.15) is 8.61 Å². The summed E-state index contributed by atoms with van der Waals surface area (Å²) in [5, 5.41) is 19.8. The van der Waals surface area contributed by atoms with E-state index in [4.69, 9.17) is 28.3 Å². The molecule has 7 aromatic rings. The molecule has 2 aliphatic heterocycles. The Morgan fingerprint density at radius 3 is 1.58 bits per heavy atom. The number of anilines is 2. The molecule has 0 spiro atoms. The summed E-state index contributed by atoms with van der Waals surface area (Å²) in [5.74, 6) is -0.505. The number of thiophene rings is 2. The van der Waals surface area contributed by atoms with Crippen LogP contribution < -0.4 is 26.4 Å². The number of aromatic nitrogens is 1. The molecule has 0 radical (unpaired) electrons. The average Bonchev–Trinajstić information content (AvgIpc) is 4.08. The zero-order valence-corrected chi connectivity index (χ0v) is 44.0. The standard InChI is InChI=1S/C26H25ClN4O3S2.C23H25ClN4O5S3/c27-19-8-6-18(7-9-19)26(32)29-17-21-10-11-25(35-21)36(33,34)31-15-12-20(13-16-31)30-24-5-1-4-23-22(24)3-2-14-28-23;24-17-6-4-16(5-7-17)23(29)26-15-20-8-9-22(34-20)36(32,33)28-12-10-18(11-13-28)27-19-2-1-3-21(14-19)35(25,30)31/h1-11,14,20,30H,12-13,15-17H2,(H,29,32);1-9,14,18,27H,10-13,15H2,(H,26,29)(H2,25,30,31). The first kappa shape index (κ1) is 52.9. The molecule has 2 fully saturated rings. The highest BCUT2D eigenvalue weighted by molar-refractivity contribution is 7.91. The van der Waals surface area contributed by atoms with E-state index >= 15 is 0 Å². The van der Waals surface area contributed by atoms with Crippen molar-refractivity contribution in [3.8, 4) is 0 Å². The number of sulfonamides is 3. The van der Waals surface area contributed by atoms with Crippen LogP contribution in [0, 0.1) is 0 Å². The lowest BCUT2D eigenvalue weighted by atomic mass is 10.1. The van der Waals surface area contributed by atoms with E-state index in [0.29, 0.717) is 82.9 Å². The molecule has 5 heterocycles. The minimum absolute atomic E-state index is 0.00541. The Hall–Kier alpha value is -5.46. The predicted molar refractivity (Wildman–Crippen MR) is 284 cm³/mol. The van der Waals surface area contributed by atoms with Gasteiger partial charge in [0.25, 0.3) is 31.9 Å². The first-order chi connectivity index (χ1) is 34.4. The molecule has 0 aliphatic carbocycles. The number of nitrogens with two attached hydrogens (primary N) is 1. The van der Waals surface area contributed by atoms with Gasteiger partial charge < -0.3 is 21.3 Å². The second-order valence-electron chi connectivity index (χ2n) is 16.9. The summed E-state index contributed by atoms with van der Waals surface area (Å²) in [6, 6.07) is 36.1. The van der Waals surface area contributed by atoms with Crippen LogP contribution in [0.1, 0.15) is 56.2 Å². The molecule has 4 aromatic carbocycles. The number of carbonyl (C=O) groups excluding carboxylic acids is 2. The van der Waals surface area contributed by atoms with Crippen molar-refractivity contribution in [2.45, 2.75) is 64.2 Å². The fraction of sp³-hybridized carbons (Fsp3) is 0.245. The number of piperidine rings is 2. The van der Waals surface area contributed by atoms with Crippen LogP contribution in [0.5, 0.6) is 0 Å². The first-order valence-electron chi connectivity index (χ1n) is 22.7. The summed E-state index contributed by atoms with van der Waals surface area (Å²) < 4.78 is 79.4. The van der Waals surface area contributed by atoms with E-state index in [1.165, 1.54) is 27.8 Å². The zero-order chi connectivity index (χ0) is 51.0. The quantitative estimate of drug-likeness (QED) is 0.0655. The molecule has 2 saturated heterocycles. The van der Waals surface area contributed by atoms with Gasteiger partial charge in [-0.3, -0.25) is 14.6 Å². The maximum absolute atomic E-state index is 13.2. The first-order valence-corrected chi connectivity index (χ1v) is 29.5. The van der Waals surface area contributed by atoms with E-state index in [0.717, 1.165) is 37.7 Å². The van der Waals surface area contributed by atoms with E-state index < -0.39 is 30.1 Å². The summed E-state index contributed by atoms with van der Waals surface area (Å²) >= 11 is 14.0. The van der Waals surface area contributed by atoms with Gasteiger partial charge in [0, 0.05) is 92.1 Å². The summed E-state index contributed by atoms with van der Waals surface area (Å²) in [6.07, 6.45) is 4.33. The number of benzene rings is 4. The van der Waals surface area contributed by atoms with E-state index in [1.807, 2.05) is 30.3 Å². The molecule has 0 bridgehead atoms. The van der Waals surface area contributed by atoms with Crippen LogP contribution in [0.2, 0.25) is 10.0 Å². The number of rotatable bonds is 15. The van der Waals surface area contributed by atoms with Gasteiger partial charge in [0.15, 0.2) is 0 Å². The number of pyridine rings is 1. The molecule has 9 rings (SSSR count). The second kappa shape index (κ2) is 23.2. The normalized spacial score (nSPS) is 15.3. The third-order valence-electron chi connectivity index (χ3n) is 12.0. The monoisotopic (exact) mass is 1110 g/mol. The van der Waals surface area contributed by atoms with Crippen molar-refractivity contribution < 1.29 is 34.8 Å². The summed E-state index contributed by atoms with van der Waals surface area (Å²) in [7, 11) is -11.0. The summed E-state index contributed by atoms with van der Waals surface area (Å²) in [5.41, 5.74) is 3.54. The highest BCUT2D eigenvalue weighted by atomic mass is 35.5. The van der Waals surface area contributed by atoms with Gasteiger partial charge in [0.1, 0.15) is 8.42 Å². The number of hydrogen-bond donors (Lipinski definition) is 5. The van der Waals surface area contributed by atoms with Crippen LogP contribution in [0.15, 0.2) is 147 Å². The summed E-state index contributed by atoms with van der Waals surface area (Å²) in [6.45, 7) is 2.02. The number of carbonyl (C=O) groups is 2. The number of hydrogen-bond acceptors (Lipinski definition) is 13. The van der Waals surface area contributed by atoms with Crippen LogP contribution in [0.3, 0.4) is 0 Å². The van der Waals surface area contributed by atoms with Crippen molar-refractivity contribution in [1.82, 2.24) is 24.2 Å². The van der Waals surface area contributed by atoms with Crippen molar-refractivity contribution >= 4 is 110 Å². The Kier molecular flexibility index (Phi) is 17.0. The molecular formula is C49H50Cl2N8O8S5. The Labute approximate surface area is 436 Å². The topological polar surface area (TPSA) is 230 Å². The maximum Gasteiger partial charge on any atom is 0.252 e. The fourth-order valence-corrected chi connectivity index (χ4v) is 14.8. The van der Waals surface area contributed by atoms with Crippen LogP contribution in [0.4, 0.5) is 11.4 Å². The molecule has 6 N–H and O–H groups in total. The molecule has 23 heteroatoms. The van der Waals surface area contributed by atoms with E-state index in [2.05, 4.69) is 26.3 Å². The Bertz CT molecular complexity index is 3380. The number of halogens is 2. The SMILES string of the molecule is NS(=O)(=O)c1cccc(NC2CCN(S(=O)(=O)c3ccc(CNC(=O)c4ccc(Cl)cc4)s3)CC2)c1.O=C(NCc1ccc(S(=O)(=O)N2CCC(Nc3cccc4ncccc34)CC2)s1)c1ccc(Cl)cc1. The highest BCUT2D eigenvalue weighted by Crippen LogP contribution is 2.31. The zero-order valence-electron chi connectivity index (χ0n) is 38.4. The number of nitrogens with one attached hydrogen (secondary N) is 4. The van der Waals surface area contributed by atoms with E-state index in [-0.39, 0.29) is 46.1 Å². The molecule has 3 aromatic heterocycles. The third kappa shape index (κ3) is 13.4. The molecule has 16 nitrogen and oxygen atoms in total. The number of nitrogens with zero attached hydrogens (tertiary/aromatic N) is 3. The number of primary sulfonamides is 1. The largest absolute Gasteiger partial charge is 0.382 e. The van der Waals surface area contributed by atoms with Crippen LogP contribution in [0.25, 0.3) is 10.9 Å². The molecule has 72 heavy (non-hydrogen) atoms. The van der Waals surface area contributed by atoms with Gasteiger partial charge in [-0.25, -0.2) is 30.4 Å². The molecule has 2 aliphatic rings. The van der Waals surface area contributed by atoms with Gasteiger partial charge in [0.05, 0.1) is 23.5 Å². The van der Waals surface area contributed by atoms with Crippen molar-refractivity contribution in [3.63, 3.8) is 0 Å². The minimum Gasteiger partial charge on any atom is -0.382 e. The fourth-order valence-electron chi connectivity index (χ4n) is 8.11. The Balaban J connectivity index is 0.000000193. The molecule has 378 valence electrons. The molecular weight excluding hydrogens is 1060 g/mol. The van der Waals surface area contributed by atoms with Crippen molar-refractivity contribution in [1.29, 1.82) is 0 Å². The Morgan fingerprint density at radius 1 is 0.597 bits per heavy atom. The van der Waals surface area contributed by atoms with Gasteiger partial charge in [-0.15, -0.1) is 22.7 Å². The van der Waals surface area contributed by atoms with Crippen molar-refractivity contribution in [2.75, 3.05) is 36.8 Å². The molecule has 0 atom stereocenters. The second-order valence-corrected chi connectivity index (χ2v) is 26.0. The summed E-state index contributed by atoms with van der Waals surface area (Å²) in [4.78, 5) is 30.5.